The predicted octanol–water partition coefficient (Wildman–Crippen LogP) is 4.63. The molecule has 174 valence electrons. The van der Waals surface area contributed by atoms with Gasteiger partial charge in [0.05, 0.1) is 17.3 Å². The van der Waals surface area contributed by atoms with Gasteiger partial charge in [-0.15, -0.1) is 0 Å². The van der Waals surface area contributed by atoms with Gasteiger partial charge in [-0.1, -0.05) is 43.6 Å². The predicted molar refractivity (Wildman–Crippen MR) is 135 cm³/mol. The topological polar surface area (TPSA) is 67.2 Å². The average Bonchev–Trinajstić information content (AvgIpc) is 3.28. The Morgan fingerprint density at radius 1 is 0.971 bits per heavy atom. The molecule has 0 bridgehead atoms. The van der Waals surface area contributed by atoms with Crippen LogP contribution in [-0.2, 0) is 6.42 Å². The Bertz CT molecular complexity index is 1290. The molecule has 0 aliphatic carbocycles. The number of fused-ring (bicyclic) bond motifs is 1. The lowest BCUT2D eigenvalue weighted by Crippen LogP contribution is -2.49. The second kappa shape index (κ2) is 9.43. The number of hydrogen-bond donors (Lipinski definition) is 0. The lowest BCUT2D eigenvalue weighted by Gasteiger charge is -2.35. The first-order valence-corrected chi connectivity index (χ1v) is 12.0. The zero-order valence-corrected chi connectivity index (χ0v) is 20.1. The normalized spacial score (nSPS) is 14.2. The number of anilines is 1. The van der Waals surface area contributed by atoms with Crippen LogP contribution in [0.2, 0.25) is 5.02 Å². The van der Waals surface area contributed by atoms with Gasteiger partial charge in [0.1, 0.15) is 11.6 Å². The number of aromatic nitrogens is 4. The van der Waals surface area contributed by atoms with Crippen LogP contribution in [0.3, 0.4) is 0 Å². The van der Waals surface area contributed by atoms with E-state index >= 15 is 0 Å². The first-order chi connectivity index (χ1) is 16.5. The zero-order chi connectivity index (χ0) is 23.7. The smallest absolute Gasteiger partial charge is 0.253 e. The highest BCUT2D eigenvalue weighted by Gasteiger charge is 2.26. The van der Waals surface area contributed by atoms with Crippen LogP contribution in [-0.4, -0.2) is 56.7 Å². The minimum absolute atomic E-state index is 0.0292. The van der Waals surface area contributed by atoms with E-state index < -0.39 is 0 Å². The quantitative estimate of drug-likeness (QED) is 0.422. The fraction of sp³-hybridized carbons (Fsp3) is 0.308. The molecule has 1 aliphatic rings. The van der Waals surface area contributed by atoms with Crippen molar-refractivity contribution >= 4 is 34.4 Å². The van der Waals surface area contributed by atoms with Gasteiger partial charge in [-0.2, -0.15) is 5.10 Å². The van der Waals surface area contributed by atoms with Crippen LogP contribution < -0.4 is 4.90 Å². The fourth-order valence-corrected chi connectivity index (χ4v) is 4.42. The van der Waals surface area contributed by atoms with Crippen LogP contribution in [0.15, 0.2) is 60.8 Å². The van der Waals surface area contributed by atoms with Crippen molar-refractivity contribution in [3.05, 3.63) is 77.2 Å². The molecule has 0 spiro atoms. The van der Waals surface area contributed by atoms with Gasteiger partial charge in [0.25, 0.3) is 5.91 Å². The summed E-state index contributed by atoms with van der Waals surface area (Å²) >= 11 is 5.97. The Labute approximate surface area is 204 Å². The third kappa shape index (κ3) is 4.48. The highest BCUT2D eigenvalue weighted by molar-refractivity contribution is 6.30. The number of piperazine rings is 1. The molecule has 5 rings (SSSR count). The Morgan fingerprint density at radius 3 is 2.35 bits per heavy atom. The van der Waals surface area contributed by atoms with Gasteiger partial charge in [-0.05, 0) is 42.3 Å². The van der Waals surface area contributed by atoms with E-state index in [4.69, 9.17) is 21.6 Å². The first kappa shape index (κ1) is 22.3. The Hall–Kier alpha value is -3.45. The molecule has 0 saturated carbocycles. The maximum atomic E-state index is 12.9. The van der Waals surface area contributed by atoms with Crippen molar-refractivity contribution in [3.63, 3.8) is 0 Å². The molecular weight excluding hydrogens is 448 g/mol. The monoisotopic (exact) mass is 474 g/mol. The molecule has 7 nitrogen and oxygen atoms in total. The number of rotatable bonds is 5. The summed E-state index contributed by atoms with van der Waals surface area (Å²) in [7, 11) is 0. The van der Waals surface area contributed by atoms with Crippen LogP contribution in [0, 0.1) is 5.92 Å². The molecule has 0 N–H and O–H groups in total. The number of para-hydroxylation sites is 1. The molecule has 1 amide bonds. The number of halogens is 1. The van der Waals surface area contributed by atoms with E-state index in [1.54, 1.807) is 24.3 Å². The molecule has 0 unspecified atom stereocenters. The van der Waals surface area contributed by atoms with Gasteiger partial charge in [-0.3, -0.25) is 4.79 Å². The molecule has 0 atom stereocenters. The van der Waals surface area contributed by atoms with Crippen LogP contribution in [0.25, 0.3) is 16.7 Å². The number of nitrogens with zero attached hydrogens (tertiary/aromatic N) is 6. The van der Waals surface area contributed by atoms with E-state index in [-0.39, 0.29) is 5.91 Å². The van der Waals surface area contributed by atoms with E-state index in [1.807, 2.05) is 46.1 Å². The van der Waals surface area contributed by atoms with E-state index in [0.29, 0.717) is 42.7 Å². The Kier molecular flexibility index (Phi) is 6.20. The summed E-state index contributed by atoms with van der Waals surface area (Å²) in [6.07, 6.45) is 2.64. The molecular formula is C26H27ClN6O. The van der Waals surface area contributed by atoms with Crippen molar-refractivity contribution in [2.45, 2.75) is 20.3 Å². The molecule has 4 aromatic rings. The van der Waals surface area contributed by atoms with Gasteiger partial charge in [-0.25, -0.2) is 14.6 Å². The van der Waals surface area contributed by atoms with Crippen LogP contribution in [0.5, 0.6) is 0 Å². The molecule has 1 saturated heterocycles. The van der Waals surface area contributed by atoms with Crippen molar-refractivity contribution in [1.29, 1.82) is 0 Å². The Balaban J connectivity index is 1.43. The van der Waals surface area contributed by atoms with Crippen LogP contribution >= 0.6 is 11.6 Å². The van der Waals surface area contributed by atoms with Crippen molar-refractivity contribution < 1.29 is 4.79 Å². The number of carbonyl (C=O) groups is 1. The van der Waals surface area contributed by atoms with Gasteiger partial charge in [0, 0.05) is 43.2 Å². The van der Waals surface area contributed by atoms with Crippen molar-refractivity contribution in [2.24, 2.45) is 5.92 Å². The van der Waals surface area contributed by atoms with Gasteiger partial charge >= 0.3 is 0 Å². The number of amides is 1. The third-order valence-electron chi connectivity index (χ3n) is 6.00. The molecule has 34 heavy (non-hydrogen) atoms. The summed E-state index contributed by atoms with van der Waals surface area (Å²) in [5.74, 6) is 2.17. The lowest BCUT2D eigenvalue weighted by molar-refractivity contribution is 0.0746. The van der Waals surface area contributed by atoms with E-state index in [0.717, 1.165) is 34.8 Å². The minimum atomic E-state index is 0.0292. The average molecular weight is 475 g/mol. The van der Waals surface area contributed by atoms with E-state index in [1.165, 1.54) is 0 Å². The zero-order valence-electron chi connectivity index (χ0n) is 19.4. The van der Waals surface area contributed by atoms with E-state index in [2.05, 4.69) is 23.8 Å². The van der Waals surface area contributed by atoms with Crippen LogP contribution in [0.1, 0.15) is 30.0 Å². The summed E-state index contributed by atoms with van der Waals surface area (Å²) in [6, 6.07) is 17.1. The lowest BCUT2D eigenvalue weighted by atomic mass is 10.1. The number of benzene rings is 2. The molecule has 3 heterocycles. The minimum Gasteiger partial charge on any atom is -0.352 e. The fourth-order valence-electron chi connectivity index (χ4n) is 4.29. The molecule has 8 heteroatoms. The van der Waals surface area contributed by atoms with Crippen LogP contribution in [0.4, 0.5) is 5.82 Å². The van der Waals surface area contributed by atoms with E-state index in [9.17, 15) is 4.79 Å². The SMILES string of the molecule is CC(C)Cc1nc(N2CCN(C(=O)c3ccc(Cl)cc3)CC2)c2cnn(-c3ccccc3)c2n1. The van der Waals surface area contributed by atoms with Crippen molar-refractivity contribution in [2.75, 3.05) is 31.1 Å². The highest BCUT2D eigenvalue weighted by Crippen LogP contribution is 2.27. The summed E-state index contributed by atoms with van der Waals surface area (Å²) in [5.41, 5.74) is 2.44. The molecule has 1 aliphatic heterocycles. The molecule has 0 radical (unpaired) electrons. The molecule has 1 fully saturated rings. The summed E-state index contributed by atoms with van der Waals surface area (Å²) in [5, 5.41) is 6.20. The summed E-state index contributed by atoms with van der Waals surface area (Å²) < 4.78 is 1.88. The number of carbonyl (C=O) groups excluding carboxylic acids is 1. The van der Waals surface area contributed by atoms with Gasteiger partial charge in [0.2, 0.25) is 0 Å². The third-order valence-corrected chi connectivity index (χ3v) is 6.26. The summed E-state index contributed by atoms with van der Waals surface area (Å²) in [4.78, 5) is 26.9. The molecule has 2 aromatic heterocycles. The Morgan fingerprint density at radius 2 is 1.68 bits per heavy atom. The standard InChI is InChI=1S/C26H27ClN6O/c1-18(2)16-23-29-24(22-17-28-33(25(22)30-23)21-6-4-3-5-7-21)31-12-14-32(15-13-31)26(34)19-8-10-20(27)11-9-19/h3-11,17-18H,12-16H2,1-2H3. The maximum Gasteiger partial charge on any atom is 0.253 e. The largest absolute Gasteiger partial charge is 0.352 e. The molecule has 2 aromatic carbocycles. The number of hydrogen-bond acceptors (Lipinski definition) is 5. The highest BCUT2D eigenvalue weighted by atomic mass is 35.5. The first-order valence-electron chi connectivity index (χ1n) is 11.6. The van der Waals surface area contributed by atoms with Crippen molar-refractivity contribution in [1.82, 2.24) is 24.6 Å². The van der Waals surface area contributed by atoms with Gasteiger partial charge in [0.15, 0.2) is 5.65 Å². The van der Waals surface area contributed by atoms with Gasteiger partial charge < -0.3 is 9.80 Å². The maximum absolute atomic E-state index is 12.9. The summed E-state index contributed by atoms with van der Waals surface area (Å²) in [6.45, 7) is 6.98. The second-order valence-electron chi connectivity index (χ2n) is 8.98. The van der Waals surface area contributed by atoms with Crippen molar-refractivity contribution in [3.8, 4) is 5.69 Å². The second-order valence-corrected chi connectivity index (χ2v) is 9.41.